The van der Waals surface area contributed by atoms with Gasteiger partial charge in [0.15, 0.2) is 17.5 Å². The minimum absolute atomic E-state index is 0.502. The Morgan fingerprint density at radius 1 is 0.343 bits per heavy atom. The summed E-state index contributed by atoms with van der Waals surface area (Å²) in [4.78, 5) is 16.3. The molecule has 4 heterocycles. The van der Waals surface area contributed by atoms with Crippen molar-refractivity contribution in [2.45, 2.75) is 5.41 Å². The van der Waals surface area contributed by atoms with Crippen molar-refractivity contribution in [1.82, 2.24) is 15.0 Å². The molecule has 1 aliphatic carbocycles. The van der Waals surface area contributed by atoms with Crippen LogP contribution in [0.3, 0.4) is 0 Å². The lowest BCUT2D eigenvalue weighted by atomic mass is 9.67. The topological polar surface area (TPSA) is 51.8 Å². The zero-order valence-electron chi connectivity index (χ0n) is 37.4. The van der Waals surface area contributed by atoms with Crippen molar-refractivity contribution in [1.29, 1.82) is 0 Å². The molecule has 0 unspecified atom stereocenters. The number of aromatic nitrogens is 3. The summed E-state index contributed by atoms with van der Waals surface area (Å²) >= 11 is 3.58. The molecule has 0 aliphatic heterocycles. The maximum atomic E-state index is 6.75. The van der Waals surface area contributed by atoms with Crippen molar-refractivity contribution in [3.8, 4) is 56.4 Å². The number of nitrogens with zero attached hydrogens (tertiary/aromatic N) is 3. The van der Waals surface area contributed by atoms with Gasteiger partial charge in [0, 0.05) is 67.8 Å². The van der Waals surface area contributed by atoms with Crippen LogP contribution in [0.2, 0.25) is 0 Å². The van der Waals surface area contributed by atoms with Gasteiger partial charge in [-0.1, -0.05) is 182 Å². The first-order chi connectivity index (χ1) is 34.7. The van der Waals surface area contributed by atoms with Gasteiger partial charge in [0.2, 0.25) is 0 Å². The highest BCUT2D eigenvalue weighted by atomic mass is 32.1. The molecule has 0 spiro atoms. The van der Waals surface area contributed by atoms with E-state index in [0.717, 1.165) is 54.3 Å². The van der Waals surface area contributed by atoms with E-state index < -0.39 is 5.41 Å². The van der Waals surface area contributed by atoms with E-state index >= 15 is 0 Å². The Labute approximate surface area is 410 Å². The monoisotopic (exact) mass is 927 g/mol. The van der Waals surface area contributed by atoms with Crippen LogP contribution < -0.4 is 0 Å². The molecule has 14 aromatic rings. The summed E-state index contributed by atoms with van der Waals surface area (Å²) in [6.07, 6.45) is 0. The Morgan fingerprint density at radius 2 is 0.886 bits per heavy atom. The van der Waals surface area contributed by atoms with Crippen molar-refractivity contribution < 1.29 is 4.42 Å². The van der Waals surface area contributed by atoms with Crippen LogP contribution in [0.25, 0.3) is 119 Å². The summed E-state index contributed by atoms with van der Waals surface area (Å²) in [5.41, 5.74) is 13.7. The van der Waals surface area contributed by atoms with Crippen LogP contribution in [-0.2, 0) is 5.41 Å². The Morgan fingerprint density at radius 3 is 1.67 bits per heavy atom. The summed E-state index contributed by atoms with van der Waals surface area (Å²) < 4.78 is 11.6. The van der Waals surface area contributed by atoms with Crippen molar-refractivity contribution in [3.05, 3.63) is 247 Å². The Hall–Kier alpha value is -8.55. The van der Waals surface area contributed by atoms with Crippen molar-refractivity contribution in [2.24, 2.45) is 0 Å². The summed E-state index contributed by atoms with van der Waals surface area (Å²) in [6.45, 7) is 0. The molecule has 0 saturated heterocycles. The van der Waals surface area contributed by atoms with Crippen molar-refractivity contribution in [2.75, 3.05) is 0 Å². The molecule has 0 fully saturated rings. The largest absolute Gasteiger partial charge is 0.456 e. The third-order valence-electron chi connectivity index (χ3n) is 14.5. The molecule has 0 N–H and O–H groups in total. The van der Waals surface area contributed by atoms with Crippen LogP contribution >= 0.6 is 22.7 Å². The third-order valence-corrected chi connectivity index (χ3v) is 16.8. The van der Waals surface area contributed by atoms with E-state index in [1.807, 2.05) is 0 Å². The maximum Gasteiger partial charge on any atom is 0.165 e. The first-order valence-electron chi connectivity index (χ1n) is 23.6. The van der Waals surface area contributed by atoms with Gasteiger partial charge in [-0.05, 0) is 87.0 Å². The zero-order chi connectivity index (χ0) is 45.9. The van der Waals surface area contributed by atoms with E-state index in [0.29, 0.717) is 17.5 Å². The van der Waals surface area contributed by atoms with E-state index in [9.17, 15) is 0 Å². The number of fused-ring (bicyclic) bond motifs is 12. The molecule has 0 saturated carbocycles. The van der Waals surface area contributed by atoms with Gasteiger partial charge in [-0.25, -0.2) is 15.0 Å². The predicted octanol–water partition coefficient (Wildman–Crippen LogP) is 17.5. The third kappa shape index (κ3) is 5.66. The first kappa shape index (κ1) is 39.4. The molecule has 6 heteroatoms. The van der Waals surface area contributed by atoms with Crippen LogP contribution in [0.15, 0.2) is 229 Å². The van der Waals surface area contributed by atoms with Gasteiger partial charge in [0.1, 0.15) is 11.2 Å². The van der Waals surface area contributed by atoms with Crippen molar-refractivity contribution in [3.63, 3.8) is 0 Å². The minimum Gasteiger partial charge on any atom is -0.456 e. The van der Waals surface area contributed by atoms with Gasteiger partial charge in [-0.2, -0.15) is 0 Å². The van der Waals surface area contributed by atoms with Gasteiger partial charge in [0.05, 0.1) is 5.41 Å². The van der Waals surface area contributed by atoms with Crippen LogP contribution in [0.4, 0.5) is 0 Å². The number of benzene rings is 10. The van der Waals surface area contributed by atoms with E-state index in [-0.39, 0.29) is 0 Å². The fourth-order valence-electron chi connectivity index (χ4n) is 11.5. The van der Waals surface area contributed by atoms with Crippen LogP contribution in [0.5, 0.6) is 0 Å². The van der Waals surface area contributed by atoms with Gasteiger partial charge >= 0.3 is 0 Å². The van der Waals surface area contributed by atoms with Gasteiger partial charge in [0.25, 0.3) is 0 Å². The van der Waals surface area contributed by atoms with E-state index in [4.69, 9.17) is 19.4 Å². The van der Waals surface area contributed by atoms with Gasteiger partial charge in [-0.3, -0.25) is 0 Å². The summed E-state index contributed by atoms with van der Waals surface area (Å²) in [5, 5.41) is 6.76. The molecule has 4 nitrogen and oxygen atoms in total. The second-order valence-electron chi connectivity index (χ2n) is 18.1. The molecule has 10 aromatic carbocycles. The van der Waals surface area contributed by atoms with E-state index in [1.165, 1.54) is 69.2 Å². The minimum atomic E-state index is -0.502. The number of hydrogen-bond acceptors (Lipinski definition) is 6. The molecular formula is C64H37N3OS2. The molecule has 0 bridgehead atoms. The lowest BCUT2D eigenvalue weighted by Crippen LogP contribution is -2.28. The number of hydrogen-bond donors (Lipinski definition) is 0. The Bertz CT molecular complexity index is 4390. The second kappa shape index (κ2) is 15.2. The van der Waals surface area contributed by atoms with Gasteiger partial charge in [-0.15, -0.1) is 22.7 Å². The summed E-state index contributed by atoms with van der Waals surface area (Å²) in [6, 6.07) is 80.9. The quantitative estimate of drug-likeness (QED) is 0.167. The Balaban J connectivity index is 0.972. The molecule has 4 aromatic heterocycles. The number of thiophene rings is 2. The fourth-order valence-corrected chi connectivity index (χ4v) is 13.9. The van der Waals surface area contributed by atoms with Crippen molar-refractivity contribution >= 4 is 85.0 Å². The smallest absolute Gasteiger partial charge is 0.165 e. The highest BCUT2D eigenvalue weighted by Crippen LogP contribution is 2.58. The highest BCUT2D eigenvalue weighted by molar-refractivity contribution is 7.26. The lowest BCUT2D eigenvalue weighted by molar-refractivity contribution is 0.669. The zero-order valence-corrected chi connectivity index (χ0v) is 39.1. The maximum absolute atomic E-state index is 6.75. The molecule has 70 heavy (non-hydrogen) atoms. The predicted molar refractivity (Wildman–Crippen MR) is 292 cm³/mol. The number of furan rings is 1. The fraction of sp³-hybridized carbons (Fsp3) is 0.0156. The molecule has 15 rings (SSSR count). The molecule has 0 amide bonds. The molecule has 326 valence electrons. The molecule has 0 radical (unpaired) electrons. The molecule has 0 atom stereocenters. The lowest BCUT2D eigenvalue weighted by Gasteiger charge is -2.34. The van der Waals surface area contributed by atoms with E-state index in [2.05, 4.69) is 224 Å². The highest BCUT2D eigenvalue weighted by Gasteiger charge is 2.46. The SMILES string of the molecule is c1ccc(C2(c3ccccc3)c3ccccc3-c3c(-c4ccc5oc6cccc(-c7nc(-c8cccc9c8sc8ccccc89)nc(-c8cccc9sc%10ccccc%10c89)n7)c6c5c4)cccc32)cc1. The average molecular weight is 928 g/mol. The normalized spacial score (nSPS) is 13.0. The molecule has 1 aliphatic rings. The second-order valence-corrected chi connectivity index (χ2v) is 20.2. The summed E-state index contributed by atoms with van der Waals surface area (Å²) in [7, 11) is 0. The van der Waals surface area contributed by atoms with Crippen LogP contribution in [0, 0.1) is 0 Å². The average Bonchev–Trinajstić information content (AvgIpc) is 4.20. The molecular weight excluding hydrogens is 891 g/mol. The first-order valence-corrected chi connectivity index (χ1v) is 25.2. The van der Waals surface area contributed by atoms with Crippen LogP contribution in [-0.4, -0.2) is 15.0 Å². The Kier molecular flexibility index (Phi) is 8.58. The van der Waals surface area contributed by atoms with Gasteiger partial charge < -0.3 is 4.42 Å². The van der Waals surface area contributed by atoms with E-state index in [1.54, 1.807) is 22.7 Å². The standard InChI is InChI=1S/C64H37N3OS2/c1-3-17-39(18-4-1)64(40-19-5-2-6-20-40)50-29-10-7-22-44(50)57-41(24-14-30-51(57)64)38-35-36-52-49(37-38)58-46(26-15-31-53(58)68-52)61-65-62(47-27-16-34-56-59(47)45-23-9-12-33-55(45)69-56)67-63(66-61)48-28-13-25-43-42-21-8-11-32-54(42)70-60(43)48/h1-37H. The number of rotatable bonds is 6. The summed E-state index contributed by atoms with van der Waals surface area (Å²) in [5.74, 6) is 1.87. The van der Waals surface area contributed by atoms with Crippen LogP contribution in [0.1, 0.15) is 22.3 Å².